The standard InChI is InChI=1S/C27H25BrN4O5/c1-3-36-27(35)20-14-19-23(29-22-16(2)8-6-12-31(22)26(19)34)32(15-17-9-7-13-37-17)24(20)30-25(33)18-10-4-5-11-21(18)28/h4-6,8,10-12,14,17H,3,7,9,13,15H2,1-2H3/t17-/m1/s1. The van der Waals surface area contributed by atoms with Crippen molar-refractivity contribution in [3.63, 3.8) is 0 Å². The van der Waals surface area contributed by atoms with Crippen LogP contribution in [-0.2, 0) is 16.0 Å². The van der Waals surface area contributed by atoms with Crippen molar-refractivity contribution in [3.05, 3.63) is 85.7 Å². The Morgan fingerprint density at radius 1 is 1.19 bits per heavy atom. The predicted molar refractivity (Wildman–Crippen MR) is 141 cm³/mol. The number of rotatable bonds is 5. The number of nitrogens with zero attached hydrogens (tertiary/aromatic N) is 4. The molecule has 0 saturated carbocycles. The molecule has 4 aromatic rings. The summed E-state index contributed by atoms with van der Waals surface area (Å²) in [5.74, 6) is -1.23. The van der Waals surface area contributed by atoms with Crippen molar-refractivity contribution in [3.8, 4) is 0 Å². The number of ether oxygens (including phenoxy) is 2. The van der Waals surface area contributed by atoms with Crippen LogP contribution < -0.4 is 11.0 Å². The number of amides is 1. The molecule has 0 aliphatic carbocycles. The molecule has 1 fully saturated rings. The summed E-state index contributed by atoms with van der Waals surface area (Å²) in [5, 5.41) is 0.219. The van der Waals surface area contributed by atoms with Gasteiger partial charge in [0.15, 0.2) is 5.49 Å². The summed E-state index contributed by atoms with van der Waals surface area (Å²) < 4.78 is 14.9. The van der Waals surface area contributed by atoms with Crippen LogP contribution in [0.3, 0.4) is 0 Å². The predicted octanol–water partition coefficient (Wildman–Crippen LogP) is 3.82. The van der Waals surface area contributed by atoms with Crippen LogP contribution in [-0.4, -0.2) is 45.1 Å². The Hall–Kier alpha value is -3.63. The summed E-state index contributed by atoms with van der Waals surface area (Å²) in [7, 11) is 0. The first-order valence-electron chi connectivity index (χ1n) is 12.1. The van der Waals surface area contributed by atoms with Crippen LogP contribution >= 0.6 is 15.9 Å². The van der Waals surface area contributed by atoms with Gasteiger partial charge in [-0.2, -0.15) is 4.99 Å². The molecule has 37 heavy (non-hydrogen) atoms. The smallest absolute Gasteiger partial charge is 0.341 e. The third-order valence-corrected chi connectivity index (χ3v) is 7.01. The second-order valence-electron chi connectivity index (χ2n) is 8.78. The van der Waals surface area contributed by atoms with Gasteiger partial charge in [-0.1, -0.05) is 18.2 Å². The van der Waals surface area contributed by atoms with Crippen LogP contribution in [0.5, 0.6) is 0 Å². The molecule has 0 N–H and O–H groups in total. The molecule has 0 spiro atoms. The Kier molecular flexibility index (Phi) is 7.03. The molecule has 0 unspecified atom stereocenters. The molecule has 4 heterocycles. The average molecular weight is 565 g/mol. The Balaban J connectivity index is 1.89. The van der Waals surface area contributed by atoms with Crippen LogP contribution in [0, 0.1) is 6.92 Å². The minimum absolute atomic E-state index is 0.0132. The zero-order valence-electron chi connectivity index (χ0n) is 20.4. The second-order valence-corrected chi connectivity index (χ2v) is 9.64. The van der Waals surface area contributed by atoms with Crippen molar-refractivity contribution in [2.24, 2.45) is 4.99 Å². The monoisotopic (exact) mass is 564 g/mol. The van der Waals surface area contributed by atoms with Gasteiger partial charge in [-0.3, -0.25) is 14.0 Å². The summed E-state index contributed by atoms with van der Waals surface area (Å²) in [4.78, 5) is 49.3. The van der Waals surface area contributed by atoms with Gasteiger partial charge in [-0.05, 0) is 72.4 Å². The van der Waals surface area contributed by atoms with Crippen LogP contribution in [0.2, 0.25) is 0 Å². The summed E-state index contributed by atoms with van der Waals surface area (Å²) in [5.41, 5.74) is 1.70. The summed E-state index contributed by atoms with van der Waals surface area (Å²) in [6, 6.07) is 12.0. The number of benzene rings is 1. The first-order chi connectivity index (χ1) is 17.9. The summed E-state index contributed by atoms with van der Waals surface area (Å²) >= 11 is 3.40. The first-order valence-corrected chi connectivity index (χ1v) is 12.9. The SMILES string of the molecule is CCOC(=O)c1cc2c(=O)n3cccc(C)c3nc2n(C[C@H]2CCCO2)c1=NC(=O)c1ccccc1Br. The molecule has 0 bridgehead atoms. The van der Waals surface area contributed by atoms with Gasteiger partial charge in [0.2, 0.25) is 0 Å². The maximum absolute atomic E-state index is 13.6. The third kappa shape index (κ3) is 4.74. The van der Waals surface area contributed by atoms with Gasteiger partial charge in [0.25, 0.3) is 11.5 Å². The lowest BCUT2D eigenvalue weighted by molar-refractivity contribution is 0.0521. The Morgan fingerprint density at radius 3 is 2.73 bits per heavy atom. The van der Waals surface area contributed by atoms with Crippen molar-refractivity contribution >= 4 is 44.5 Å². The van der Waals surface area contributed by atoms with Gasteiger partial charge >= 0.3 is 5.97 Å². The number of halogens is 1. The quantitative estimate of drug-likeness (QED) is 0.269. The Labute approximate surface area is 220 Å². The largest absolute Gasteiger partial charge is 0.462 e. The molecule has 5 rings (SSSR count). The number of hydrogen-bond donors (Lipinski definition) is 0. The lowest BCUT2D eigenvalue weighted by Gasteiger charge is -2.18. The minimum Gasteiger partial charge on any atom is -0.462 e. The van der Waals surface area contributed by atoms with Crippen molar-refractivity contribution in [2.45, 2.75) is 39.3 Å². The number of hydrogen-bond acceptors (Lipinski definition) is 6. The maximum atomic E-state index is 13.6. The topological polar surface area (TPSA) is 104 Å². The van der Waals surface area contributed by atoms with E-state index >= 15 is 0 Å². The average Bonchev–Trinajstić information content (AvgIpc) is 3.40. The van der Waals surface area contributed by atoms with Crippen LogP contribution in [0.15, 0.2) is 62.9 Å². The van der Waals surface area contributed by atoms with Crippen LogP contribution in [0.4, 0.5) is 0 Å². The molecule has 1 saturated heterocycles. The molecule has 190 valence electrons. The van der Waals surface area contributed by atoms with Gasteiger partial charge in [-0.15, -0.1) is 0 Å². The van der Waals surface area contributed by atoms with Crippen LogP contribution in [0.1, 0.15) is 46.0 Å². The molecular formula is C27H25BrN4O5. The van der Waals surface area contributed by atoms with Gasteiger partial charge < -0.3 is 14.0 Å². The van der Waals surface area contributed by atoms with E-state index in [9.17, 15) is 14.4 Å². The van der Waals surface area contributed by atoms with Gasteiger partial charge in [-0.25, -0.2) is 9.78 Å². The zero-order valence-corrected chi connectivity index (χ0v) is 22.0. The minimum atomic E-state index is -0.682. The number of esters is 1. The van der Waals surface area contributed by atoms with E-state index in [1.807, 2.05) is 13.0 Å². The molecule has 3 aromatic heterocycles. The zero-order chi connectivity index (χ0) is 26.1. The summed E-state index contributed by atoms with van der Waals surface area (Å²) in [6.07, 6.45) is 3.14. The second kappa shape index (κ2) is 10.4. The van der Waals surface area contributed by atoms with E-state index in [0.29, 0.717) is 27.9 Å². The Bertz CT molecular complexity index is 1670. The van der Waals surface area contributed by atoms with Crippen molar-refractivity contribution < 1.29 is 19.1 Å². The fourth-order valence-corrected chi connectivity index (χ4v) is 4.98. The number of aryl methyl sites for hydroxylation is 1. The molecular weight excluding hydrogens is 540 g/mol. The third-order valence-electron chi connectivity index (χ3n) is 6.32. The Morgan fingerprint density at radius 2 is 2.00 bits per heavy atom. The lowest BCUT2D eigenvalue weighted by Crippen LogP contribution is -2.35. The highest BCUT2D eigenvalue weighted by molar-refractivity contribution is 9.10. The number of carbonyl (C=O) groups is 2. The molecule has 1 aliphatic rings. The summed E-state index contributed by atoms with van der Waals surface area (Å²) in [6.45, 7) is 4.55. The fourth-order valence-electron chi connectivity index (χ4n) is 4.52. The number of carbonyl (C=O) groups excluding carboxylic acids is 2. The number of pyridine rings is 2. The fraction of sp³-hybridized carbons (Fsp3) is 0.296. The lowest BCUT2D eigenvalue weighted by atomic mass is 10.1. The van der Waals surface area contributed by atoms with Crippen molar-refractivity contribution in [1.82, 2.24) is 14.0 Å². The van der Waals surface area contributed by atoms with Gasteiger partial charge in [0, 0.05) is 17.3 Å². The molecule has 1 amide bonds. The molecule has 1 aromatic carbocycles. The highest BCUT2D eigenvalue weighted by atomic mass is 79.9. The van der Waals surface area contributed by atoms with E-state index in [1.165, 1.54) is 10.5 Å². The molecule has 10 heteroatoms. The van der Waals surface area contributed by atoms with E-state index in [4.69, 9.17) is 14.5 Å². The van der Waals surface area contributed by atoms with Crippen molar-refractivity contribution in [1.29, 1.82) is 0 Å². The molecule has 1 aliphatic heterocycles. The number of fused-ring (bicyclic) bond motifs is 2. The molecule has 0 radical (unpaired) electrons. The van der Waals surface area contributed by atoms with Crippen LogP contribution in [0.25, 0.3) is 16.7 Å². The molecule has 1 atom stereocenters. The van der Waals surface area contributed by atoms with E-state index in [-0.39, 0.29) is 41.3 Å². The number of aromatic nitrogens is 3. The van der Waals surface area contributed by atoms with Gasteiger partial charge in [0.05, 0.1) is 30.2 Å². The highest BCUT2D eigenvalue weighted by Gasteiger charge is 2.24. The normalized spacial score (nSPS) is 16.0. The maximum Gasteiger partial charge on any atom is 0.341 e. The van der Waals surface area contributed by atoms with Gasteiger partial charge in [0.1, 0.15) is 16.9 Å². The first kappa shape index (κ1) is 25.0. The highest BCUT2D eigenvalue weighted by Crippen LogP contribution is 2.19. The van der Waals surface area contributed by atoms with Crippen molar-refractivity contribution in [2.75, 3.05) is 13.2 Å². The van der Waals surface area contributed by atoms with E-state index < -0.39 is 11.9 Å². The molecule has 9 nitrogen and oxygen atoms in total. The van der Waals surface area contributed by atoms with E-state index in [0.717, 1.165) is 18.4 Å². The van der Waals surface area contributed by atoms with E-state index in [2.05, 4.69) is 20.9 Å². The van der Waals surface area contributed by atoms with E-state index in [1.54, 1.807) is 48.0 Å².